The maximum atomic E-state index is 13.3. The van der Waals surface area contributed by atoms with Gasteiger partial charge in [0.1, 0.15) is 11.2 Å². The Bertz CT molecular complexity index is 1300. The van der Waals surface area contributed by atoms with Gasteiger partial charge < -0.3 is 4.57 Å². The topological polar surface area (TPSA) is 34.9 Å². The lowest BCUT2D eigenvalue weighted by atomic mass is 9.77. The summed E-state index contributed by atoms with van der Waals surface area (Å²) in [5.74, 6) is -0.112. The van der Waals surface area contributed by atoms with Gasteiger partial charge in [-0.3, -0.25) is 4.79 Å². The number of hydrogen-bond donors (Lipinski definition) is 0. The van der Waals surface area contributed by atoms with Crippen LogP contribution in [0.4, 0.5) is 0 Å². The fourth-order valence-corrected chi connectivity index (χ4v) is 6.30. The smallest absolute Gasteiger partial charge is 0.224 e. The average molecular weight is 578 g/mol. The third-order valence-electron chi connectivity index (χ3n) is 5.67. The summed E-state index contributed by atoms with van der Waals surface area (Å²) in [7, 11) is 0. The van der Waals surface area contributed by atoms with Crippen molar-refractivity contribution in [1.82, 2.24) is 9.55 Å². The first-order chi connectivity index (χ1) is 16.1. The summed E-state index contributed by atoms with van der Waals surface area (Å²) in [5, 5.41) is 1.90. The number of thiophene rings is 1. The van der Waals surface area contributed by atoms with E-state index < -0.39 is 5.54 Å². The first kappa shape index (κ1) is 22.0. The van der Waals surface area contributed by atoms with Crippen molar-refractivity contribution >= 4 is 49.0 Å². The number of carbonyl (C=O) groups is 1. The molecule has 3 nitrogen and oxygen atoms in total. The van der Waals surface area contributed by atoms with E-state index in [0.29, 0.717) is 10.6 Å². The quantitative estimate of drug-likeness (QED) is 0.154. The van der Waals surface area contributed by atoms with E-state index in [1.165, 1.54) is 11.3 Å². The average Bonchev–Trinajstić information content (AvgIpc) is 3.49. The van der Waals surface area contributed by atoms with E-state index in [4.69, 9.17) is 0 Å². The number of rotatable bonds is 6. The number of hydrogen-bond acceptors (Lipinski definition) is 3. The summed E-state index contributed by atoms with van der Waals surface area (Å²) < 4.78 is 3.67. The van der Waals surface area contributed by atoms with Crippen molar-refractivity contribution in [2.75, 3.05) is 0 Å². The number of carbonyl (C=O) groups excluding carboxylic acids is 1. The molecule has 0 bridgehead atoms. The van der Waals surface area contributed by atoms with Crippen LogP contribution in [0.15, 0.2) is 118 Å². The molecule has 2 aromatic heterocycles. The Balaban J connectivity index is 1.76. The molecule has 0 aliphatic heterocycles. The number of imidazole rings is 1. The number of benzene rings is 3. The van der Waals surface area contributed by atoms with E-state index in [0.717, 1.165) is 25.6 Å². The van der Waals surface area contributed by atoms with Crippen LogP contribution in [-0.4, -0.2) is 15.3 Å². The first-order valence-corrected chi connectivity index (χ1v) is 12.8. The molecule has 0 amide bonds. The summed E-state index contributed by atoms with van der Waals surface area (Å²) in [6, 6.07) is 31.0. The van der Waals surface area contributed by atoms with Gasteiger partial charge in [0, 0.05) is 16.0 Å². The SMILES string of the molecule is O=C(c1cn(C(c2ccccc2)(c2ccccc2)c2ccccc2)cn1)c1scc(Br)c1Br. The molecule has 3 aromatic carbocycles. The van der Waals surface area contributed by atoms with Crippen molar-refractivity contribution in [3.63, 3.8) is 0 Å². The largest absolute Gasteiger partial charge is 0.318 e. The molecule has 5 rings (SSSR count). The molecule has 33 heavy (non-hydrogen) atoms. The van der Waals surface area contributed by atoms with Crippen molar-refractivity contribution in [3.8, 4) is 0 Å². The minimum Gasteiger partial charge on any atom is -0.318 e. The van der Waals surface area contributed by atoms with Crippen LogP contribution >= 0.6 is 43.2 Å². The molecule has 0 saturated heterocycles. The highest BCUT2D eigenvalue weighted by Gasteiger charge is 2.38. The molecule has 0 unspecified atom stereocenters. The van der Waals surface area contributed by atoms with Gasteiger partial charge in [-0.1, -0.05) is 91.0 Å². The van der Waals surface area contributed by atoms with Gasteiger partial charge >= 0.3 is 0 Å². The van der Waals surface area contributed by atoms with Crippen LogP contribution < -0.4 is 0 Å². The molecule has 2 heterocycles. The fraction of sp³-hybridized carbons (Fsp3) is 0.0370. The molecule has 0 radical (unpaired) electrons. The highest BCUT2D eigenvalue weighted by atomic mass is 79.9. The van der Waals surface area contributed by atoms with E-state index in [9.17, 15) is 4.79 Å². The summed E-state index contributed by atoms with van der Waals surface area (Å²) >= 11 is 8.38. The van der Waals surface area contributed by atoms with E-state index in [1.807, 2.05) is 66.2 Å². The Hall–Kier alpha value is -2.80. The maximum Gasteiger partial charge on any atom is 0.224 e. The molecular weight excluding hydrogens is 560 g/mol. The molecule has 0 fully saturated rings. The highest BCUT2D eigenvalue weighted by Crippen LogP contribution is 2.41. The Labute approximate surface area is 213 Å². The van der Waals surface area contributed by atoms with Gasteiger partial charge in [0.05, 0.1) is 15.7 Å². The summed E-state index contributed by atoms with van der Waals surface area (Å²) in [5.41, 5.74) is 2.96. The number of ketones is 1. The Kier molecular flexibility index (Phi) is 6.15. The molecule has 0 N–H and O–H groups in total. The van der Waals surface area contributed by atoms with Crippen LogP contribution in [0.2, 0.25) is 0 Å². The van der Waals surface area contributed by atoms with Crippen LogP contribution in [-0.2, 0) is 5.54 Å². The van der Waals surface area contributed by atoms with Crippen LogP contribution in [0, 0.1) is 0 Å². The molecule has 6 heteroatoms. The predicted octanol–water partition coefficient (Wildman–Crippen LogP) is 7.54. The molecule has 0 aliphatic rings. The maximum absolute atomic E-state index is 13.3. The lowest BCUT2D eigenvalue weighted by Crippen LogP contribution is -2.37. The zero-order valence-corrected chi connectivity index (χ0v) is 21.3. The Morgan fingerprint density at radius 1 is 0.788 bits per heavy atom. The monoisotopic (exact) mass is 576 g/mol. The lowest BCUT2D eigenvalue weighted by Gasteiger charge is -2.37. The van der Waals surface area contributed by atoms with Gasteiger partial charge in [-0.15, -0.1) is 11.3 Å². The van der Waals surface area contributed by atoms with Gasteiger partial charge in [0.25, 0.3) is 0 Å². The molecule has 5 aromatic rings. The second-order valence-corrected chi connectivity index (χ2v) is 10.1. The van der Waals surface area contributed by atoms with E-state index in [-0.39, 0.29) is 5.78 Å². The Morgan fingerprint density at radius 3 is 1.70 bits per heavy atom. The van der Waals surface area contributed by atoms with Gasteiger partial charge in [-0.05, 0) is 48.6 Å². The van der Waals surface area contributed by atoms with Crippen LogP contribution in [0.3, 0.4) is 0 Å². The molecule has 0 spiro atoms. The normalized spacial score (nSPS) is 11.5. The fourth-order valence-electron chi connectivity index (χ4n) is 4.20. The van der Waals surface area contributed by atoms with Gasteiger partial charge in [-0.2, -0.15) is 0 Å². The van der Waals surface area contributed by atoms with Gasteiger partial charge in [0.15, 0.2) is 0 Å². The summed E-state index contributed by atoms with van der Waals surface area (Å²) in [6.07, 6.45) is 3.62. The third kappa shape index (κ3) is 3.82. The molecule has 0 aliphatic carbocycles. The van der Waals surface area contributed by atoms with Gasteiger partial charge in [0.2, 0.25) is 5.78 Å². The van der Waals surface area contributed by atoms with Crippen LogP contribution in [0.25, 0.3) is 0 Å². The van der Waals surface area contributed by atoms with Crippen molar-refractivity contribution in [3.05, 3.63) is 145 Å². The predicted molar refractivity (Wildman–Crippen MR) is 140 cm³/mol. The molecule has 0 saturated carbocycles. The van der Waals surface area contributed by atoms with Crippen molar-refractivity contribution < 1.29 is 4.79 Å². The standard InChI is InChI=1S/C27H18Br2N2OS/c28-22-17-33-26(24(22)29)25(32)23-16-31(18-30-23)27(19-10-4-1-5-11-19,20-12-6-2-7-13-20)21-14-8-3-9-15-21/h1-18H. The minimum absolute atomic E-state index is 0.112. The van der Waals surface area contributed by atoms with E-state index in [2.05, 4.69) is 77.8 Å². The summed E-state index contributed by atoms with van der Waals surface area (Å²) in [6.45, 7) is 0. The zero-order valence-electron chi connectivity index (χ0n) is 17.4. The van der Waals surface area contributed by atoms with Crippen molar-refractivity contribution in [2.24, 2.45) is 0 Å². The molecule has 162 valence electrons. The van der Waals surface area contributed by atoms with Crippen LogP contribution in [0.5, 0.6) is 0 Å². The minimum atomic E-state index is -0.692. The van der Waals surface area contributed by atoms with E-state index in [1.54, 1.807) is 6.33 Å². The highest BCUT2D eigenvalue weighted by molar-refractivity contribution is 9.13. The van der Waals surface area contributed by atoms with Crippen LogP contribution in [0.1, 0.15) is 32.1 Å². The number of halogens is 2. The second-order valence-electron chi connectivity index (χ2n) is 7.53. The third-order valence-corrected chi connectivity index (χ3v) is 9.20. The Morgan fingerprint density at radius 2 is 1.27 bits per heavy atom. The first-order valence-electron chi connectivity index (χ1n) is 10.3. The lowest BCUT2D eigenvalue weighted by molar-refractivity contribution is 0.103. The van der Waals surface area contributed by atoms with Crippen molar-refractivity contribution in [2.45, 2.75) is 5.54 Å². The second kappa shape index (κ2) is 9.21. The zero-order chi connectivity index (χ0) is 22.8. The summed E-state index contributed by atoms with van der Waals surface area (Å²) in [4.78, 5) is 18.5. The van der Waals surface area contributed by atoms with Gasteiger partial charge in [-0.25, -0.2) is 4.98 Å². The number of nitrogens with zero attached hydrogens (tertiary/aromatic N) is 2. The van der Waals surface area contributed by atoms with Crippen molar-refractivity contribution in [1.29, 1.82) is 0 Å². The van der Waals surface area contributed by atoms with E-state index >= 15 is 0 Å². The molecular formula is C27H18Br2N2OS. The number of aromatic nitrogens is 2. The molecule has 0 atom stereocenters.